The van der Waals surface area contributed by atoms with E-state index >= 15 is 0 Å². The molecule has 8 nitrogen and oxygen atoms in total. The van der Waals surface area contributed by atoms with Gasteiger partial charge in [0.25, 0.3) is 0 Å². The highest BCUT2D eigenvalue weighted by Crippen LogP contribution is 2.28. The highest BCUT2D eigenvalue weighted by molar-refractivity contribution is 7.89. The minimum Gasteiger partial charge on any atom is -0.406 e. The van der Waals surface area contributed by atoms with Crippen LogP contribution in [0, 0.1) is 19.8 Å². The molecule has 1 aliphatic heterocycles. The number of carbonyl (C=O) groups is 1. The number of nitrogens with one attached hydrogen (secondary N) is 2. The van der Waals surface area contributed by atoms with E-state index in [1.807, 2.05) is 0 Å². The van der Waals surface area contributed by atoms with Crippen molar-refractivity contribution in [3.63, 3.8) is 0 Å². The number of carbonyl (C=O) groups excluding carboxylic acids is 1. The summed E-state index contributed by atoms with van der Waals surface area (Å²) in [4.78, 5) is 12.7. The standard InChI is InChI=1S/C18H21F3N4O4S/c1-11-16(12(2)24-23-11)30(27,28)25-9-3-4-13(10-25)17(26)22-14-5-7-15(8-6-14)29-18(19,20)21/h5-8,13H,3-4,9-10H2,1-2H3,(H,22,26)(H,23,24)/t13-/m1/s1. The van der Waals surface area contributed by atoms with Crippen LogP contribution in [-0.2, 0) is 14.8 Å². The smallest absolute Gasteiger partial charge is 0.406 e. The number of amides is 1. The lowest BCUT2D eigenvalue weighted by Gasteiger charge is -2.31. The Labute approximate surface area is 171 Å². The van der Waals surface area contributed by atoms with Gasteiger partial charge in [-0.3, -0.25) is 9.89 Å². The first-order chi connectivity index (χ1) is 14.0. The van der Waals surface area contributed by atoms with Gasteiger partial charge in [0, 0.05) is 18.8 Å². The van der Waals surface area contributed by atoms with Crippen LogP contribution >= 0.6 is 0 Å². The van der Waals surface area contributed by atoms with Crippen LogP contribution in [0.4, 0.5) is 18.9 Å². The summed E-state index contributed by atoms with van der Waals surface area (Å²) in [5.41, 5.74) is 1.08. The number of sulfonamides is 1. The van der Waals surface area contributed by atoms with Gasteiger partial charge in [-0.1, -0.05) is 0 Å². The number of ether oxygens (including phenoxy) is 1. The van der Waals surface area contributed by atoms with E-state index in [0.717, 1.165) is 12.1 Å². The molecule has 0 bridgehead atoms. The van der Waals surface area contributed by atoms with Crippen molar-refractivity contribution >= 4 is 21.6 Å². The van der Waals surface area contributed by atoms with Crippen molar-refractivity contribution in [3.8, 4) is 5.75 Å². The number of aromatic nitrogens is 2. The van der Waals surface area contributed by atoms with Gasteiger partial charge in [-0.2, -0.15) is 9.40 Å². The van der Waals surface area contributed by atoms with Gasteiger partial charge >= 0.3 is 6.36 Å². The van der Waals surface area contributed by atoms with E-state index in [4.69, 9.17) is 0 Å². The number of alkyl halides is 3. The number of anilines is 1. The van der Waals surface area contributed by atoms with Crippen LogP contribution in [0.3, 0.4) is 0 Å². The number of rotatable bonds is 5. The van der Waals surface area contributed by atoms with Crippen molar-refractivity contribution < 1.29 is 31.1 Å². The molecule has 0 aliphatic carbocycles. The highest BCUT2D eigenvalue weighted by Gasteiger charge is 2.36. The second kappa shape index (κ2) is 8.26. The molecule has 0 saturated carbocycles. The number of nitrogens with zero attached hydrogens (tertiary/aromatic N) is 2. The van der Waals surface area contributed by atoms with Crippen molar-refractivity contribution in [3.05, 3.63) is 35.7 Å². The minimum absolute atomic E-state index is 0.00744. The third kappa shape index (κ3) is 4.93. The van der Waals surface area contributed by atoms with Gasteiger partial charge in [0.2, 0.25) is 15.9 Å². The normalized spacial score (nSPS) is 18.2. The summed E-state index contributed by atoms with van der Waals surface area (Å²) in [5.74, 6) is -1.39. The number of halogens is 3. The van der Waals surface area contributed by atoms with E-state index in [0.29, 0.717) is 30.8 Å². The van der Waals surface area contributed by atoms with Crippen molar-refractivity contribution in [2.45, 2.75) is 37.9 Å². The van der Waals surface area contributed by atoms with E-state index in [2.05, 4.69) is 20.3 Å². The van der Waals surface area contributed by atoms with Crippen LogP contribution in [0.1, 0.15) is 24.2 Å². The molecule has 3 rings (SSSR count). The van der Waals surface area contributed by atoms with E-state index in [1.54, 1.807) is 13.8 Å². The molecule has 2 aromatic rings. The summed E-state index contributed by atoms with van der Waals surface area (Å²) >= 11 is 0. The quantitative estimate of drug-likeness (QED) is 0.735. The fourth-order valence-electron chi connectivity index (χ4n) is 3.41. The number of aromatic amines is 1. The molecule has 1 saturated heterocycles. The fourth-order valence-corrected chi connectivity index (χ4v) is 5.26. The van der Waals surface area contributed by atoms with Crippen LogP contribution in [-0.4, -0.2) is 48.3 Å². The Kier molecular flexibility index (Phi) is 6.09. The van der Waals surface area contributed by atoms with Gasteiger partial charge in [-0.05, 0) is 51.0 Å². The van der Waals surface area contributed by atoms with Crippen LogP contribution in [0.15, 0.2) is 29.2 Å². The highest BCUT2D eigenvalue weighted by atomic mass is 32.2. The van der Waals surface area contributed by atoms with Crippen LogP contribution in [0.2, 0.25) is 0 Å². The molecule has 1 amide bonds. The second-order valence-corrected chi connectivity index (χ2v) is 8.90. The zero-order chi connectivity index (χ0) is 22.1. The number of benzene rings is 1. The van der Waals surface area contributed by atoms with Gasteiger partial charge in [-0.15, -0.1) is 13.2 Å². The maximum atomic E-state index is 13.0. The summed E-state index contributed by atoms with van der Waals surface area (Å²) in [6.45, 7) is 3.51. The zero-order valence-corrected chi connectivity index (χ0v) is 17.1. The molecule has 164 valence electrons. The average molecular weight is 446 g/mol. The Balaban J connectivity index is 1.67. The molecule has 30 heavy (non-hydrogen) atoms. The molecule has 1 aromatic heterocycles. The molecule has 1 fully saturated rings. The number of H-pyrrole nitrogens is 1. The third-order valence-corrected chi connectivity index (χ3v) is 6.90. The molecule has 0 spiro atoms. The maximum Gasteiger partial charge on any atom is 0.573 e. The topological polar surface area (TPSA) is 104 Å². The second-order valence-electron chi connectivity index (χ2n) is 7.03. The average Bonchev–Trinajstić information content (AvgIpc) is 3.01. The maximum absolute atomic E-state index is 13.0. The van der Waals surface area contributed by atoms with Gasteiger partial charge in [0.05, 0.1) is 17.3 Å². The number of hydrogen-bond donors (Lipinski definition) is 2. The lowest BCUT2D eigenvalue weighted by Crippen LogP contribution is -2.43. The molecule has 1 aliphatic rings. The first kappa shape index (κ1) is 22.1. The molecule has 1 atom stereocenters. The van der Waals surface area contributed by atoms with Crippen LogP contribution in [0.5, 0.6) is 5.75 Å². The summed E-state index contributed by atoms with van der Waals surface area (Å²) in [5, 5.41) is 9.19. The summed E-state index contributed by atoms with van der Waals surface area (Å²) in [6, 6.07) is 4.75. The molecule has 1 aromatic carbocycles. The number of aryl methyl sites for hydroxylation is 2. The molecular formula is C18H21F3N4O4S. The fraction of sp³-hybridized carbons (Fsp3) is 0.444. The van der Waals surface area contributed by atoms with Gasteiger partial charge in [0.1, 0.15) is 10.6 Å². The Morgan fingerprint density at radius 1 is 1.27 bits per heavy atom. The molecule has 0 unspecified atom stereocenters. The van der Waals surface area contributed by atoms with Gasteiger partial charge in [-0.25, -0.2) is 8.42 Å². The molecule has 2 heterocycles. The SMILES string of the molecule is Cc1n[nH]c(C)c1S(=O)(=O)N1CCC[C@@H](C(=O)Nc2ccc(OC(F)(F)F)cc2)C1. The lowest BCUT2D eigenvalue weighted by atomic mass is 9.99. The Morgan fingerprint density at radius 3 is 2.50 bits per heavy atom. The first-order valence-corrected chi connectivity index (χ1v) is 10.6. The molecular weight excluding hydrogens is 425 g/mol. The monoisotopic (exact) mass is 446 g/mol. The van der Waals surface area contributed by atoms with Crippen molar-refractivity contribution in [1.29, 1.82) is 0 Å². The molecule has 0 radical (unpaired) electrons. The summed E-state index contributed by atoms with van der Waals surface area (Å²) in [6.07, 6.45) is -3.80. The Bertz CT molecular complexity index is 1000. The van der Waals surface area contributed by atoms with Gasteiger partial charge in [0.15, 0.2) is 0 Å². The lowest BCUT2D eigenvalue weighted by molar-refractivity contribution is -0.274. The van der Waals surface area contributed by atoms with E-state index < -0.39 is 34.0 Å². The minimum atomic E-state index is -4.80. The van der Waals surface area contributed by atoms with E-state index in [9.17, 15) is 26.4 Å². The first-order valence-electron chi connectivity index (χ1n) is 9.16. The predicted octanol–water partition coefficient (Wildman–Crippen LogP) is 2.96. The van der Waals surface area contributed by atoms with Crippen molar-refractivity contribution in [2.24, 2.45) is 5.92 Å². The van der Waals surface area contributed by atoms with Gasteiger partial charge < -0.3 is 10.1 Å². The molecule has 12 heteroatoms. The summed E-state index contributed by atoms with van der Waals surface area (Å²) < 4.78 is 67.7. The van der Waals surface area contributed by atoms with E-state index in [-0.39, 0.29) is 17.1 Å². The van der Waals surface area contributed by atoms with Crippen LogP contribution < -0.4 is 10.1 Å². The largest absolute Gasteiger partial charge is 0.573 e. The van der Waals surface area contributed by atoms with Crippen molar-refractivity contribution in [2.75, 3.05) is 18.4 Å². The predicted molar refractivity (Wildman–Crippen MR) is 101 cm³/mol. The number of piperidine rings is 1. The van der Waals surface area contributed by atoms with Crippen molar-refractivity contribution in [1.82, 2.24) is 14.5 Å². The third-order valence-electron chi connectivity index (χ3n) is 4.77. The Morgan fingerprint density at radius 2 is 1.93 bits per heavy atom. The van der Waals surface area contributed by atoms with E-state index in [1.165, 1.54) is 16.4 Å². The number of hydrogen-bond acceptors (Lipinski definition) is 5. The molecule has 2 N–H and O–H groups in total. The zero-order valence-electron chi connectivity index (χ0n) is 16.3. The summed E-state index contributed by atoms with van der Waals surface area (Å²) in [7, 11) is -3.81. The Hall–Kier alpha value is -2.60. The van der Waals surface area contributed by atoms with Crippen LogP contribution in [0.25, 0.3) is 0 Å².